The Balaban J connectivity index is 1.42. The molecule has 0 aliphatic heterocycles. The van der Waals surface area contributed by atoms with E-state index in [9.17, 15) is 23.3 Å². The summed E-state index contributed by atoms with van der Waals surface area (Å²) >= 11 is 1.59. The maximum Gasteiger partial charge on any atom is 0.293 e. The Morgan fingerprint density at radius 1 is 0.955 bits per heavy atom. The number of nitro groups is 1. The van der Waals surface area contributed by atoms with Crippen molar-refractivity contribution in [2.24, 2.45) is 0 Å². The summed E-state index contributed by atoms with van der Waals surface area (Å²) in [6.07, 6.45) is 1.73. The van der Waals surface area contributed by atoms with Crippen LogP contribution >= 0.6 is 11.8 Å². The third kappa shape index (κ3) is 8.59. The molecule has 4 aromatic rings. The molecule has 0 saturated heterocycles. The van der Waals surface area contributed by atoms with Crippen molar-refractivity contribution in [1.29, 1.82) is 0 Å². The summed E-state index contributed by atoms with van der Waals surface area (Å²) in [6.45, 7) is 1.08. The molecule has 0 bridgehead atoms. The van der Waals surface area contributed by atoms with E-state index in [2.05, 4.69) is 5.32 Å². The summed E-state index contributed by atoms with van der Waals surface area (Å²) in [6, 6.07) is 25.5. The summed E-state index contributed by atoms with van der Waals surface area (Å²) in [5, 5.41) is 14.7. The first-order chi connectivity index (χ1) is 21.2. The second-order valence-electron chi connectivity index (χ2n) is 9.67. The number of methoxy groups -OCH3 is 2. The van der Waals surface area contributed by atoms with Crippen molar-refractivity contribution in [1.82, 2.24) is 4.72 Å². The minimum atomic E-state index is -4.39. The number of thioether (sulfide) groups is 1. The van der Waals surface area contributed by atoms with Crippen LogP contribution in [0.4, 0.5) is 11.4 Å². The number of hydrogen-bond acceptors (Lipinski definition) is 9. The van der Waals surface area contributed by atoms with E-state index in [4.69, 9.17) is 9.47 Å². The SMILES string of the molecule is COCCCc1ccc(-c2ccc(C(=O)NS(=O)(=O)c3ccc(NCCSc4ccccc4)c([N+](=O)[O-])c3)cc2)c(OC)c1. The molecular weight excluding hydrogens is 603 g/mol. The van der Waals surface area contributed by atoms with Crippen molar-refractivity contribution in [2.45, 2.75) is 22.6 Å². The molecule has 0 radical (unpaired) electrons. The van der Waals surface area contributed by atoms with Gasteiger partial charge in [-0.3, -0.25) is 14.9 Å². The molecule has 0 unspecified atom stereocenters. The molecule has 44 heavy (non-hydrogen) atoms. The zero-order valence-corrected chi connectivity index (χ0v) is 26.0. The highest BCUT2D eigenvalue weighted by Gasteiger charge is 2.24. The van der Waals surface area contributed by atoms with Gasteiger partial charge in [-0.25, -0.2) is 13.1 Å². The molecule has 10 nitrogen and oxygen atoms in total. The number of nitro benzene ring substituents is 1. The van der Waals surface area contributed by atoms with Crippen LogP contribution in [0.5, 0.6) is 5.75 Å². The van der Waals surface area contributed by atoms with Crippen LogP contribution in [0.2, 0.25) is 0 Å². The highest BCUT2D eigenvalue weighted by Crippen LogP contribution is 2.32. The van der Waals surface area contributed by atoms with E-state index in [-0.39, 0.29) is 11.3 Å². The fourth-order valence-corrected chi connectivity index (χ4v) is 6.22. The lowest BCUT2D eigenvalue weighted by Crippen LogP contribution is -2.30. The largest absolute Gasteiger partial charge is 0.496 e. The Kier molecular flexibility index (Phi) is 11.4. The number of sulfonamides is 1. The molecule has 1 amide bonds. The van der Waals surface area contributed by atoms with Crippen LogP contribution in [0, 0.1) is 10.1 Å². The van der Waals surface area contributed by atoms with Gasteiger partial charge in [0.15, 0.2) is 0 Å². The van der Waals surface area contributed by atoms with E-state index in [0.29, 0.717) is 24.7 Å². The van der Waals surface area contributed by atoms with E-state index < -0.39 is 31.4 Å². The Labute approximate surface area is 261 Å². The molecule has 0 spiro atoms. The van der Waals surface area contributed by atoms with Crippen LogP contribution in [0.3, 0.4) is 0 Å². The Bertz CT molecular complexity index is 1700. The van der Waals surface area contributed by atoms with Crippen molar-refractivity contribution in [3.63, 3.8) is 0 Å². The molecule has 0 fully saturated rings. The van der Waals surface area contributed by atoms with Gasteiger partial charge in [-0.1, -0.05) is 42.5 Å². The molecular formula is C32H33N3O7S2. The fraction of sp³-hybridized carbons (Fsp3) is 0.219. The molecule has 0 aliphatic carbocycles. The van der Waals surface area contributed by atoms with E-state index in [0.717, 1.165) is 40.5 Å². The van der Waals surface area contributed by atoms with Crippen molar-refractivity contribution in [3.05, 3.63) is 112 Å². The molecule has 2 N–H and O–H groups in total. The lowest BCUT2D eigenvalue weighted by Gasteiger charge is -2.12. The van der Waals surface area contributed by atoms with Crippen molar-refractivity contribution in [3.8, 4) is 16.9 Å². The predicted octanol–water partition coefficient (Wildman–Crippen LogP) is 6.17. The number of nitrogens with one attached hydrogen (secondary N) is 2. The van der Waals surface area contributed by atoms with Gasteiger partial charge in [0, 0.05) is 48.1 Å². The van der Waals surface area contributed by atoms with Gasteiger partial charge in [-0.15, -0.1) is 11.8 Å². The second-order valence-corrected chi connectivity index (χ2v) is 12.5. The molecule has 0 heterocycles. The van der Waals surface area contributed by atoms with E-state index in [1.807, 2.05) is 53.3 Å². The quantitative estimate of drug-likeness (QED) is 0.0680. The lowest BCUT2D eigenvalue weighted by atomic mass is 9.99. The van der Waals surface area contributed by atoms with Crippen LogP contribution in [-0.4, -0.2) is 52.4 Å². The Hall–Kier alpha value is -4.39. The van der Waals surface area contributed by atoms with Gasteiger partial charge in [-0.2, -0.15) is 0 Å². The standard InChI is InChI=1S/C32H33N3O7S2/c1-41-19-6-7-23-10-16-28(31(21-23)42-2)24-11-13-25(14-12-24)32(36)34-44(39,40)27-15-17-29(30(22-27)35(37)38)33-18-20-43-26-8-4-3-5-9-26/h3-5,8-17,21-22,33H,6-7,18-20H2,1-2H3,(H,34,36). The number of benzene rings is 4. The summed E-state index contributed by atoms with van der Waals surface area (Å²) in [5.74, 6) is 0.456. The fourth-order valence-electron chi connectivity index (χ4n) is 4.44. The number of aryl methyl sites for hydroxylation is 1. The molecule has 4 rings (SSSR count). The molecule has 230 valence electrons. The molecule has 0 atom stereocenters. The van der Waals surface area contributed by atoms with E-state index >= 15 is 0 Å². The number of nitrogens with zero attached hydrogens (tertiary/aromatic N) is 1. The number of carbonyl (C=O) groups excluding carboxylic acids is 1. The zero-order chi connectivity index (χ0) is 31.5. The number of carbonyl (C=O) groups is 1. The minimum absolute atomic E-state index is 0.108. The normalized spacial score (nSPS) is 11.1. The first-order valence-corrected chi connectivity index (χ1v) is 16.2. The zero-order valence-electron chi connectivity index (χ0n) is 24.3. The highest BCUT2D eigenvalue weighted by atomic mass is 32.2. The van der Waals surface area contributed by atoms with Crippen molar-refractivity contribution >= 4 is 39.1 Å². The van der Waals surface area contributed by atoms with Crippen LogP contribution in [-0.2, 0) is 21.2 Å². The second kappa shape index (κ2) is 15.4. The number of hydrogen-bond donors (Lipinski definition) is 2. The van der Waals surface area contributed by atoms with Crippen LogP contribution in [0.15, 0.2) is 101 Å². The van der Waals surface area contributed by atoms with Crippen molar-refractivity contribution in [2.75, 3.05) is 38.4 Å². The third-order valence-corrected chi connectivity index (χ3v) is 9.01. The third-order valence-electron chi connectivity index (χ3n) is 6.67. The van der Waals surface area contributed by atoms with Crippen LogP contribution in [0.25, 0.3) is 11.1 Å². The number of ether oxygens (including phenoxy) is 2. The van der Waals surface area contributed by atoms with Crippen LogP contribution < -0.4 is 14.8 Å². The summed E-state index contributed by atoms with van der Waals surface area (Å²) < 4.78 is 38.7. The lowest BCUT2D eigenvalue weighted by molar-refractivity contribution is -0.384. The van der Waals surface area contributed by atoms with Gasteiger partial charge >= 0.3 is 0 Å². The minimum Gasteiger partial charge on any atom is -0.496 e. The van der Waals surface area contributed by atoms with Gasteiger partial charge in [0.1, 0.15) is 11.4 Å². The molecule has 0 aromatic heterocycles. The van der Waals surface area contributed by atoms with Gasteiger partial charge in [0.25, 0.3) is 21.6 Å². The first-order valence-electron chi connectivity index (χ1n) is 13.8. The summed E-state index contributed by atoms with van der Waals surface area (Å²) in [7, 11) is -1.14. The maximum atomic E-state index is 13.0. The Morgan fingerprint density at radius 3 is 2.39 bits per heavy atom. The van der Waals surface area contributed by atoms with E-state index in [1.165, 1.54) is 24.3 Å². The molecule has 4 aromatic carbocycles. The topological polar surface area (TPSA) is 137 Å². The van der Waals surface area contributed by atoms with Gasteiger partial charge in [0.2, 0.25) is 0 Å². The maximum absolute atomic E-state index is 13.0. The first kappa shape index (κ1) is 32.5. The van der Waals surface area contributed by atoms with Crippen LogP contribution in [0.1, 0.15) is 22.3 Å². The molecule has 0 aliphatic rings. The average molecular weight is 636 g/mol. The monoisotopic (exact) mass is 635 g/mol. The summed E-state index contributed by atoms with van der Waals surface area (Å²) in [4.78, 5) is 24.6. The van der Waals surface area contributed by atoms with Crippen molar-refractivity contribution < 1.29 is 27.6 Å². The molecule has 0 saturated carbocycles. The Morgan fingerprint density at radius 2 is 1.70 bits per heavy atom. The van der Waals surface area contributed by atoms with Gasteiger partial charge in [-0.05, 0) is 66.4 Å². The molecule has 12 heteroatoms. The van der Waals surface area contributed by atoms with Gasteiger partial charge < -0.3 is 14.8 Å². The smallest absolute Gasteiger partial charge is 0.293 e. The highest BCUT2D eigenvalue weighted by molar-refractivity contribution is 7.99. The predicted molar refractivity (Wildman–Crippen MR) is 172 cm³/mol. The number of anilines is 1. The van der Waals surface area contributed by atoms with E-state index in [1.54, 1.807) is 38.1 Å². The number of amides is 1. The number of rotatable bonds is 15. The average Bonchev–Trinajstić information content (AvgIpc) is 3.03. The summed E-state index contributed by atoms with van der Waals surface area (Å²) in [5.41, 5.74) is 2.59. The van der Waals surface area contributed by atoms with Gasteiger partial charge in [0.05, 0.1) is 16.9 Å².